The van der Waals surface area contributed by atoms with Crippen molar-refractivity contribution in [3.05, 3.63) is 47.9 Å². The van der Waals surface area contributed by atoms with Crippen LogP contribution in [0.2, 0.25) is 0 Å². The van der Waals surface area contributed by atoms with Gasteiger partial charge in [0.05, 0.1) is 12.5 Å². The minimum Gasteiger partial charge on any atom is -0.455 e. The maximum absolute atomic E-state index is 12.9. The second-order valence-corrected chi connectivity index (χ2v) is 8.65. The van der Waals surface area contributed by atoms with Crippen molar-refractivity contribution in [2.45, 2.75) is 91.1 Å². The molecule has 1 heterocycles. The van der Waals surface area contributed by atoms with Crippen molar-refractivity contribution < 1.29 is 43.2 Å². The lowest BCUT2D eigenvalue weighted by molar-refractivity contribution is -0.194. The Morgan fingerprint density at radius 2 is 1.47 bits per heavy atom. The van der Waals surface area contributed by atoms with E-state index < -0.39 is 48.3 Å². The van der Waals surface area contributed by atoms with E-state index in [1.54, 1.807) is 27.7 Å². The standard InChI is InChI=1S/C28H37NO9/c1-6-21(35-25(34)15-14-18-16-29-20-13-11-10-12-19(18)20)27(37-23(32)8-3)28(38-24(33)9-4)26(17(5)30)36-22(31)7-2/h6,10-13,16-17,26-30H,7-9,14-15H2,1-5H3/b21-6-/t17-,26+,27+,28+/m0/s1. The molecule has 10 heteroatoms. The average molecular weight is 532 g/mol. The average Bonchev–Trinajstić information content (AvgIpc) is 3.33. The molecule has 1 aromatic heterocycles. The van der Waals surface area contributed by atoms with E-state index in [9.17, 15) is 24.3 Å². The number of aromatic amines is 1. The van der Waals surface area contributed by atoms with E-state index in [1.807, 2.05) is 30.5 Å². The van der Waals surface area contributed by atoms with Crippen LogP contribution in [0, 0.1) is 0 Å². The van der Waals surface area contributed by atoms with Gasteiger partial charge in [-0.1, -0.05) is 39.0 Å². The Balaban J connectivity index is 2.33. The first-order valence-corrected chi connectivity index (χ1v) is 12.8. The zero-order valence-corrected chi connectivity index (χ0v) is 22.5. The third kappa shape index (κ3) is 8.44. The summed E-state index contributed by atoms with van der Waals surface area (Å²) in [6, 6.07) is 7.70. The third-order valence-electron chi connectivity index (χ3n) is 5.83. The molecule has 4 atom stereocenters. The van der Waals surface area contributed by atoms with E-state index in [-0.39, 0.29) is 31.4 Å². The summed E-state index contributed by atoms with van der Waals surface area (Å²) < 4.78 is 22.0. The number of fused-ring (bicyclic) bond motifs is 1. The van der Waals surface area contributed by atoms with Gasteiger partial charge in [-0.3, -0.25) is 19.2 Å². The molecule has 0 aliphatic carbocycles. The Morgan fingerprint density at radius 3 is 2.05 bits per heavy atom. The SMILES string of the molecule is C/C=C(\OC(=O)CCc1c[nH]c2ccccc12)[C@@H](OC(=O)CC)[C@H](OC(=O)CC)[C@H](OC(=O)CC)[C@H](C)O. The molecule has 0 amide bonds. The number of carbonyl (C=O) groups is 4. The van der Waals surface area contributed by atoms with Crippen molar-refractivity contribution in [3.8, 4) is 0 Å². The highest BCUT2D eigenvalue weighted by molar-refractivity contribution is 5.83. The summed E-state index contributed by atoms with van der Waals surface area (Å²) in [4.78, 5) is 52.8. The molecule has 0 unspecified atom stereocenters. The molecule has 0 saturated carbocycles. The number of nitrogens with one attached hydrogen (secondary N) is 1. The molecule has 10 nitrogen and oxygen atoms in total. The highest BCUT2D eigenvalue weighted by atomic mass is 16.6. The molecule has 0 spiro atoms. The van der Waals surface area contributed by atoms with Gasteiger partial charge in [0.15, 0.2) is 18.3 Å². The maximum Gasteiger partial charge on any atom is 0.311 e. The first-order chi connectivity index (χ1) is 18.1. The molecular formula is C28H37NO9. The Hall–Kier alpha value is -3.66. The smallest absolute Gasteiger partial charge is 0.311 e. The normalized spacial score (nSPS) is 14.7. The second-order valence-electron chi connectivity index (χ2n) is 8.65. The van der Waals surface area contributed by atoms with E-state index in [4.69, 9.17) is 18.9 Å². The largest absolute Gasteiger partial charge is 0.455 e. The number of ether oxygens (including phenoxy) is 4. The van der Waals surface area contributed by atoms with Gasteiger partial charge in [0.25, 0.3) is 0 Å². The number of hydrogen-bond acceptors (Lipinski definition) is 9. The number of allylic oxidation sites excluding steroid dienone is 1. The molecule has 208 valence electrons. The fourth-order valence-corrected chi connectivity index (χ4v) is 3.76. The number of hydrogen-bond donors (Lipinski definition) is 2. The number of rotatable bonds is 14. The van der Waals surface area contributed by atoms with Gasteiger partial charge in [-0.2, -0.15) is 0 Å². The van der Waals surface area contributed by atoms with Crippen LogP contribution in [0.5, 0.6) is 0 Å². The van der Waals surface area contributed by atoms with Gasteiger partial charge >= 0.3 is 23.9 Å². The third-order valence-corrected chi connectivity index (χ3v) is 5.83. The molecular weight excluding hydrogens is 494 g/mol. The Kier molecular flexibility index (Phi) is 12.0. The predicted molar refractivity (Wildman–Crippen MR) is 139 cm³/mol. The van der Waals surface area contributed by atoms with Gasteiger partial charge in [0.1, 0.15) is 5.76 Å². The van der Waals surface area contributed by atoms with Crippen LogP contribution in [-0.4, -0.2) is 58.4 Å². The minimum atomic E-state index is -1.47. The molecule has 2 aromatic rings. The van der Waals surface area contributed by atoms with Gasteiger partial charge in [0, 0.05) is 36.4 Å². The predicted octanol–water partition coefficient (Wildman–Crippen LogP) is 3.89. The number of aromatic nitrogens is 1. The lowest BCUT2D eigenvalue weighted by Gasteiger charge is -2.34. The van der Waals surface area contributed by atoms with Crippen LogP contribution in [-0.2, 0) is 44.5 Å². The van der Waals surface area contributed by atoms with Crippen LogP contribution in [0.25, 0.3) is 10.9 Å². The molecule has 0 aliphatic heterocycles. The molecule has 0 aliphatic rings. The lowest BCUT2D eigenvalue weighted by atomic mass is 10.0. The monoisotopic (exact) mass is 531 g/mol. The summed E-state index contributed by atoms with van der Waals surface area (Å²) in [5.41, 5.74) is 1.88. The van der Waals surface area contributed by atoms with E-state index in [2.05, 4.69) is 4.98 Å². The molecule has 0 bridgehead atoms. The molecule has 0 saturated heterocycles. The highest BCUT2D eigenvalue weighted by Crippen LogP contribution is 2.25. The molecule has 0 radical (unpaired) electrons. The Bertz CT molecular complexity index is 1130. The van der Waals surface area contributed by atoms with Crippen LogP contribution in [0.1, 0.15) is 65.9 Å². The van der Waals surface area contributed by atoms with E-state index in [1.165, 1.54) is 13.0 Å². The number of para-hydroxylation sites is 1. The molecule has 2 N–H and O–H groups in total. The van der Waals surface area contributed by atoms with Crippen molar-refractivity contribution in [1.82, 2.24) is 4.98 Å². The topological polar surface area (TPSA) is 141 Å². The Labute approximate surface area is 222 Å². The number of benzene rings is 1. The summed E-state index contributed by atoms with van der Waals surface area (Å²) in [7, 11) is 0. The maximum atomic E-state index is 12.9. The van der Waals surface area contributed by atoms with Gasteiger partial charge in [0.2, 0.25) is 0 Å². The number of aliphatic hydroxyl groups excluding tert-OH is 1. The van der Waals surface area contributed by atoms with E-state index in [0.717, 1.165) is 16.5 Å². The van der Waals surface area contributed by atoms with Crippen molar-refractivity contribution in [3.63, 3.8) is 0 Å². The van der Waals surface area contributed by atoms with Crippen LogP contribution in [0.3, 0.4) is 0 Å². The number of esters is 4. The van der Waals surface area contributed by atoms with Crippen LogP contribution >= 0.6 is 0 Å². The van der Waals surface area contributed by atoms with Gasteiger partial charge in [-0.05, 0) is 38.0 Å². The number of aliphatic hydroxyl groups is 1. The van der Waals surface area contributed by atoms with Gasteiger partial charge < -0.3 is 29.0 Å². The van der Waals surface area contributed by atoms with Crippen molar-refractivity contribution in [2.24, 2.45) is 0 Å². The van der Waals surface area contributed by atoms with E-state index in [0.29, 0.717) is 6.42 Å². The number of aryl methyl sites for hydroxylation is 1. The fraction of sp³-hybridized carbons (Fsp3) is 0.500. The molecule has 0 fully saturated rings. The second kappa shape index (κ2) is 14.9. The molecule has 1 aromatic carbocycles. The fourth-order valence-electron chi connectivity index (χ4n) is 3.76. The van der Waals surface area contributed by atoms with Gasteiger partial charge in [-0.15, -0.1) is 0 Å². The van der Waals surface area contributed by atoms with Gasteiger partial charge in [-0.25, -0.2) is 0 Å². The van der Waals surface area contributed by atoms with Crippen LogP contribution in [0.4, 0.5) is 0 Å². The Morgan fingerprint density at radius 1 is 0.895 bits per heavy atom. The summed E-state index contributed by atoms with van der Waals surface area (Å²) in [6.07, 6.45) is -2.05. The first-order valence-electron chi connectivity index (χ1n) is 12.8. The molecule has 38 heavy (non-hydrogen) atoms. The minimum absolute atomic E-state index is 0.00360. The quantitative estimate of drug-likeness (QED) is 0.211. The van der Waals surface area contributed by atoms with Crippen molar-refractivity contribution in [2.75, 3.05) is 0 Å². The van der Waals surface area contributed by atoms with Crippen molar-refractivity contribution in [1.29, 1.82) is 0 Å². The number of carbonyl (C=O) groups excluding carboxylic acids is 4. The lowest BCUT2D eigenvalue weighted by Crippen LogP contribution is -2.51. The highest BCUT2D eigenvalue weighted by Gasteiger charge is 2.43. The molecule has 2 rings (SSSR count). The summed E-state index contributed by atoms with van der Waals surface area (Å²) in [5.74, 6) is -2.74. The number of H-pyrrole nitrogens is 1. The van der Waals surface area contributed by atoms with Crippen LogP contribution < -0.4 is 0 Å². The van der Waals surface area contributed by atoms with E-state index >= 15 is 0 Å². The van der Waals surface area contributed by atoms with Crippen LogP contribution in [0.15, 0.2) is 42.3 Å². The van der Waals surface area contributed by atoms with Crippen molar-refractivity contribution >= 4 is 34.8 Å². The summed E-state index contributed by atoms with van der Waals surface area (Å²) >= 11 is 0. The first kappa shape index (κ1) is 30.6. The zero-order chi connectivity index (χ0) is 28.2. The summed E-state index contributed by atoms with van der Waals surface area (Å²) in [6.45, 7) is 7.60. The zero-order valence-electron chi connectivity index (χ0n) is 22.5. The summed E-state index contributed by atoms with van der Waals surface area (Å²) in [5, 5.41) is 11.4.